The maximum absolute atomic E-state index is 13.1. The highest BCUT2D eigenvalue weighted by molar-refractivity contribution is 8.14. The number of carbonyl (C=O) groups excluding carboxylic acids is 1. The molecule has 1 aliphatic rings. The predicted octanol–water partition coefficient (Wildman–Crippen LogP) is 4.22. The Morgan fingerprint density at radius 1 is 1.12 bits per heavy atom. The van der Waals surface area contributed by atoms with Crippen molar-refractivity contribution in [2.75, 3.05) is 17.2 Å². The average molecular weight is 340 g/mol. The van der Waals surface area contributed by atoms with Crippen LogP contribution in [0.3, 0.4) is 0 Å². The van der Waals surface area contributed by atoms with E-state index in [9.17, 15) is 4.79 Å². The van der Waals surface area contributed by atoms with Gasteiger partial charge in [-0.2, -0.15) is 0 Å². The standard InChI is InChI=1S/C19H20N2O2S/c1-14(2)23-17-10-8-15(9-11-17)18(22)21(19-20-12-13-24-19)16-6-4-3-5-7-16/h3-11,14H,12-13H2,1-2H3. The molecule has 2 aromatic rings. The summed E-state index contributed by atoms with van der Waals surface area (Å²) in [4.78, 5) is 19.2. The molecule has 0 atom stereocenters. The van der Waals surface area contributed by atoms with Gasteiger partial charge in [0.25, 0.3) is 5.91 Å². The molecule has 1 heterocycles. The molecule has 3 rings (SSSR count). The quantitative estimate of drug-likeness (QED) is 0.837. The lowest BCUT2D eigenvalue weighted by Crippen LogP contribution is -2.34. The zero-order valence-corrected chi connectivity index (χ0v) is 14.6. The molecule has 0 aromatic heterocycles. The maximum atomic E-state index is 13.1. The number of rotatable bonds is 4. The van der Waals surface area contributed by atoms with E-state index in [-0.39, 0.29) is 12.0 Å². The van der Waals surface area contributed by atoms with Crippen molar-refractivity contribution in [3.63, 3.8) is 0 Å². The van der Waals surface area contributed by atoms with Gasteiger partial charge < -0.3 is 4.74 Å². The Morgan fingerprint density at radius 2 is 1.83 bits per heavy atom. The highest BCUT2D eigenvalue weighted by Gasteiger charge is 2.25. The monoisotopic (exact) mass is 340 g/mol. The Bertz CT molecular complexity index is 727. The first-order valence-electron chi connectivity index (χ1n) is 7.98. The first-order valence-corrected chi connectivity index (χ1v) is 8.97. The number of para-hydroxylation sites is 1. The van der Waals surface area contributed by atoms with Gasteiger partial charge in [-0.05, 0) is 50.2 Å². The van der Waals surface area contributed by atoms with Crippen LogP contribution in [0, 0.1) is 0 Å². The summed E-state index contributed by atoms with van der Waals surface area (Å²) in [5, 5.41) is 0.758. The van der Waals surface area contributed by atoms with Crippen LogP contribution < -0.4 is 9.64 Å². The van der Waals surface area contributed by atoms with Gasteiger partial charge in [0.1, 0.15) is 5.75 Å². The van der Waals surface area contributed by atoms with E-state index in [0.717, 1.165) is 28.9 Å². The summed E-state index contributed by atoms with van der Waals surface area (Å²) in [6, 6.07) is 16.9. The predicted molar refractivity (Wildman–Crippen MR) is 100 cm³/mol. The molecule has 5 heteroatoms. The van der Waals surface area contributed by atoms with Crippen molar-refractivity contribution in [3.8, 4) is 5.75 Å². The molecule has 1 aliphatic heterocycles. The first kappa shape index (κ1) is 16.6. The molecule has 0 aliphatic carbocycles. The van der Waals surface area contributed by atoms with Gasteiger partial charge in [0.15, 0.2) is 5.17 Å². The van der Waals surface area contributed by atoms with Gasteiger partial charge in [-0.15, -0.1) is 0 Å². The number of hydrogen-bond acceptors (Lipinski definition) is 4. The molecule has 0 N–H and O–H groups in total. The lowest BCUT2D eigenvalue weighted by molar-refractivity contribution is 0.100. The van der Waals surface area contributed by atoms with Crippen LogP contribution in [0.1, 0.15) is 24.2 Å². The summed E-state index contributed by atoms with van der Waals surface area (Å²) in [5.41, 5.74) is 1.45. The molecule has 4 nitrogen and oxygen atoms in total. The van der Waals surface area contributed by atoms with E-state index in [1.54, 1.807) is 28.8 Å². The van der Waals surface area contributed by atoms with Crippen LogP contribution in [0.25, 0.3) is 0 Å². The first-order chi connectivity index (χ1) is 11.6. The summed E-state index contributed by atoms with van der Waals surface area (Å²) in [6.45, 7) is 4.70. The molecule has 0 radical (unpaired) electrons. The Hall–Kier alpha value is -2.27. The van der Waals surface area contributed by atoms with E-state index in [1.807, 2.05) is 56.3 Å². The minimum Gasteiger partial charge on any atom is -0.491 e. The molecule has 0 bridgehead atoms. The van der Waals surface area contributed by atoms with Gasteiger partial charge >= 0.3 is 0 Å². The summed E-state index contributed by atoms with van der Waals surface area (Å²) in [6.07, 6.45) is 0.108. The molecule has 1 amide bonds. The fourth-order valence-electron chi connectivity index (χ4n) is 2.43. The van der Waals surface area contributed by atoms with Crippen LogP contribution in [0.5, 0.6) is 5.75 Å². The molecule has 0 unspecified atom stereocenters. The highest BCUT2D eigenvalue weighted by atomic mass is 32.2. The second-order valence-corrected chi connectivity index (χ2v) is 6.74. The summed E-state index contributed by atoms with van der Waals surface area (Å²) in [5.74, 6) is 1.60. The normalized spacial score (nSPS) is 13.7. The fourth-order valence-corrected chi connectivity index (χ4v) is 3.29. The van der Waals surface area contributed by atoms with Gasteiger partial charge in [0.05, 0.1) is 18.3 Å². The summed E-state index contributed by atoms with van der Waals surface area (Å²) < 4.78 is 5.64. The van der Waals surface area contributed by atoms with E-state index < -0.39 is 0 Å². The van der Waals surface area contributed by atoms with E-state index in [1.165, 1.54) is 0 Å². The van der Waals surface area contributed by atoms with Crippen molar-refractivity contribution in [2.45, 2.75) is 20.0 Å². The second kappa shape index (κ2) is 7.53. The number of amides is 1. The lowest BCUT2D eigenvalue weighted by atomic mass is 10.1. The van der Waals surface area contributed by atoms with Crippen LogP contribution in [0.4, 0.5) is 5.69 Å². The van der Waals surface area contributed by atoms with Crippen molar-refractivity contribution < 1.29 is 9.53 Å². The third kappa shape index (κ3) is 3.79. The van der Waals surface area contributed by atoms with Gasteiger partial charge in [0.2, 0.25) is 0 Å². The van der Waals surface area contributed by atoms with Gasteiger partial charge in [0, 0.05) is 11.3 Å². The Labute approximate surface area is 146 Å². The molecule has 0 saturated carbocycles. The van der Waals surface area contributed by atoms with E-state index in [2.05, 4.69) is 4.99 Å². The number of carbonyl (C=O) groups is 1. The van der Waals surface area contributed by atoms with E-state index in [4.69, 9.17) is 4.74 Å². The number of aliphatic imine (C=N–C) groups is 1. The number of thioether (sulfide) groups is 1. The number of ether oxygens (including phenoxy) is 1. The van der Waals surface area contributed by atoms with Crippen LogP contribution in [-0.2, 0) is 0 Å². The molecule has 124 valence electrons. The summed E-state index contributed by atoms with van der Waals surface area (Å²) >= 11 is 1.61. The molecule has 0 spiro atoms. The number of anilines is 1. The number of amidine groups is 1. The van der Waals surface area contributed by atoms with Gasteiger partial charge in [-0.1, -0.05) is 30.0 Å². The number of benzene rings is 2. The highest BCUT2D eigenvalue weighted by Crippen LogP contribution is 2.25. The van der Waals surface area contributed by atoms with Crippen molar-refractivity contribution in [2.24, 2.45) is 4.99 Å². The minimum atomic E-state index is -0.0783. The molecule has 0 saturated heterocycles. The molecule has 0 fully saturated rings. The van der Waals surface area contributed by atoms with Crippen molar-refractivity contribution in [1.29, 1.82) is 0 Å². The topological polar surface area (TPSA) is 41.9 Å². The lowest BCUT2D eigenvalue weighted by Gasteiger charge is -2.22. The van der Waals surface area contributed by atoms with Crippen LogP contribution in [0.2, 0.25) is 0 Å². The fraction of sp³-hybridized carbons (Fsp3) is 0.263. The maximum Gasteiger partial charge on any atom is 0.264 e. The van der Waals surface area contributed by atoms with Crippen molar-refractivity contribution in [1.82, 2.24) is 0 Å². The Kier molecular flexibility index (Phi) is 5.20. The number of nitrogens with zero attached hydrogens (tertiary/aromatic N) is 2. The summed E-state index contributed by atoms with van der Waals surface area (Å²) in [7, 11) is 0. The zero-order chi connectivity index (χ0) is 16.9. The van der Waals surface area contributed by atoms with Gasteiger partial charge in [-0.25, -0.2) is 0 Å². The van der Waals surface area contributed by atoms with Crippen LogP contribution >= 0.6 is 11.8 Å². The molecule has 2 aromatic carbocycles. The van der Waals surface area contributed by atoms with Gasteiger partial charge in [-0.3, -0.25) is 14.7 Å². The van der Waals surface area contributed by atoms with Crippen molar-refractivity contribution >= 4 is 28.5 Å². The van der Waals surface area contributed by atoms with E-state index >= 15 is 0 Å². The molecule has 24 heavy (non-hydrogen) atoms. The van der Waals surface area contributed by atoms with E-state index in [0.29, 0.717) is 5.56 Å². The smallest absolute Gasteiger partial charge is 0.264 e. The van der Waals surface area contributed by atoms with Crippen LogP contribution in [0.15, 0.2) is 59.6 Å². The Balaban J connectivity index is 1.89. The molecular formula is C19H20N2O2S. The Morgan fingerprint density at radius 3 is 2.42 bits per heavy atom. The third-order valence-corrected chi connectivity index (χ3v) is 4.41. The number of hydrogen-bond donors (Lipinski definition) is 0. The average Bonchev–Trinajstić information content (AvgIpc) is 3.10. The second-order valence-electron chi connectivity index (χ2n) is 5.68. The minimum absolute atomic E-state index is 0.0783. The third-order valence-electron chi connectivity index (χ3n) is 3.45. The van der Waals surface area contributed by atoms with Crippen LogP contribution in [-0.4, -0.2) is 29.5 Å². The largest absolute Gasteiger partial charge is 0.491 e. The zero-order valence-electron chi connectivity index (χ0n) is 13.8. The SMILES string of the molecule is CC(C)Oc1ccc(C(=O)N(C2=NCCS2)c2ccccc2)cc1. The molecular weight excluding hydrogens is 320 g/mol. The van der Waals surface area contributed by atoms with Crippen molar-refractivity contribution in [3.05, 3.63) is 60.2 Å².